The van der Waals surface area contributed by atoms with E-state index in [9.17, 15) is 9.50 Å². The van der Waals surface area contributed by atoms with Crippen LogP contribution in [0.5, 0.6) is 11.5 Å². The van der Waals surface area contributed by atoms with Gasteiger partial charge in [-0.25, -0.2) is 4.39 Å². The van der Waals surface area contributed by atoms with E-state index in [0.29, 0.717) is 17.6 Å². The van der Waals surface area contributed by atoms with Crippen molar-refractivity contribution in [2.24, 2.45) is 11.8 Å². The summed E-state index contributed by atoms with van der Waals surface area (Å²) in [5, 5.41) is 9.35. The maximum Gasteiger partial charge on any atom is 0.123 e. The molecule has 1 N–H and O–H groups in total. The number of rotatable bonds is 5. The lowest BCUT2D eigenvalue weighted by molar-refractivity contribution is 0.186. The molecule has 2 atom stereocenters. The molecule has 1 saturated heterocycles. The SMILES string of the molecule is Oc1ccc(CCN2CC3CC(Oc4ccc(F)cc4)CC3C2)cc1. The van der Waals surface area contributed by atoms with Crippen LogP contribution < -0.4 is 4.74 Å². The molecule has 0 amide bonds. The van der Waals surface area contributed by atoms with Crippen molar-refractivity contribution in [1.82, 2.24) is 4.90 Å². The topological polar surface area (TPSA) is 32.7 Å². The van der Waals surface area contributed by atoms with Crippen molar-refractivity contribution in [2.45, 2.75) is 25.4 Å². The summed E-state index contributed by atoms with van der Waals surface area (Å²) in [6.45, 7) is 3.36. The van der Waals surface area contributed by atoms with Gasteiger partial charge in [-0.3, -0.25) is 0 Å². The molecule has 1 saturated carbocycles. The van der Waals surface area contributed by atoms with E-state index in [-0.39, 0.29) is 11.9 Å². The van der Waals surface area contributed by atoms with Crippen LogP contribution in [0, 0.1) is 17.7 Å². The second-order valence-corrected chi connectivity index (χ2v) is 7.36. The quantitative estimate of drug-likeness (QED) is 0.896. The predicted octanol–water partition coefficient (Wildman–Crippen LogP) is 3.86. The normalized spacial score (nSPS) is 25.9. The van der Waals surface area contributed by atoms with Gasteiger partial charge < -0.3 is 14.7 Å². The number of likely N-dealkylation sites (tertiary alicyclic amines) is 1. The van der Waals surface area contributed by atoms with Crippen LogP contribution >= 0.6 is 0 Å². The molecule has 2 aliphatic rings. The first kappa shape index (κ1) is 16.4. The number of benzene rings is 2. The molecule has 1 heterocycles. The van der Waals surface area contributed by atoms with Gasteiger partial charge in [0.15, 0.2) is 0 Å². The van der Waals surface area contributed by atoms with Crippen molar-refractivity contribution in [3.63, 3.8) is 0 Å². The van der Waals surface area contributed by atoms with E-state index in [2.05, 4.69) is 4.90 Å². The van der Waals surface area contributed by atoms with Crippen LogP contribution in [-0.4, -0.2) is 35.7 Å². The van der Waals surface area contributed by atoms with Gasteiger partial charge >= 0.3 is 0 Å². The highest BCUT2D eigenvalue weighted by Gasteiger charge is 2.41. The van der Waals surface area contributed by atoms with Crippen molar-refractivity contribution >= 4 is 0 Å². The van der Waals surface area contributed by atoms with E-state index >= 15 is 0 Å². The Morgan fingerprint density at radius 2 is 1.60 bits per heavy atom. The molecule has 2 unspecified atom stereocenters. The van der Waals surface area contributed by atoms with Crippen LogP contribution in [0.2, 0.25) is 0 Å². The fourth-order valence-electron chi connectivity index (χ4n) is 4.28. The monoisotopic (exact) mass is 341 g/mol. The standard InChI is InChI=1S/C21H24FNO2/c22-18-3-7-20(8-4-18)25-21-11-16-13-23(14-17(16)12-21)10-9-15-1-5-19(24)6-2-15/h1-8,16-17,21,24H,9-14H2. The van der Waals surface area contributed by atoms with Crippen molar-refractivity contribution in [3.8, 4) is 11.5 Å². The Morgan fingerprint density at radius 1 is 0.960 bits per heavy atom. The zero-order chi connectivity index (χ0) is 17.2. The fraction of sp³-hybridized carbons (Fsp3) is 0.429. The zero-order valence-electron chi connectivity index (χ0n) is 14.3. The molecule has 0 aromatic heterocycles. The Morgan fingerprint density at radius 3 is 2.24 bits per heavy atom. The molecule has 0 spiro atoms. The second kappa shape index (κ2) is 7.04. The molecule has 4 rings (SSSR count). The number of phenols is 1. The maximum atomic E-state index is 13.0. The largest absolute Gasteiger partial charge is 0.508 e. The van der Waals surface area contributed by atoms with Gasteiger partial charge in [-0.1, -0.05) is 12.1 Å². The Balaban J connectivity index is 1.24. The summed E-state index contributed by atoms with van der Waals surface area (Å²) in [5.41, 5.74) is 1.27. The minimum Gasteiger partial charge on any atom is -0.508 e. The molecule has 0 bridgehead atoms. The van der Waals surface area contributed by atoms with Gasteiger partial charge in [0.1, 0.15) is 17.3 Å². The molecule has 132 valence electrons. The lowest BCUT2D eigenvalue weighted by Gasteiger charge is -2.20. The Kier molecular flexibility index (Phi) is 4.62. The van der Waals surface area contributed by atoms with Gasteiger partial charge in [0.05, 0.1) is 6.10 Å². The van der Waals surface area contributed by atoms with Crippen molar-refractivity contribution in [1.29, 1.82) is 0 Å². The van der Waals surface area contributed by atoms with E-state index in [0.717, 1.165) is 44.6 Å². The van der Waals surface area contributed by atoms with Crippen LogP contribution in [0.15, 0.2) is 48.5 Å². The van der Waals surface area contributed by atoms with Crippen molar-refractivity contribution in [3.05, 3.63) is 59.9 Å². The third kappa shape index (κ3) is 3.96. The molecule has 25 heavy (non-hydrogen) atoms. The molecule has 1 aliphatic heterocycles. The predicted molar refractivity (Wildman–Crippen MR) is 95.3 cm³/mol. The first-order valence-corrected chi connectivity index (χ1v) is 9.08. The first-order chi connectivity index (χ1) is 12.2. The van der Waals surface area contributed by atoms with Crippen LogP contribution in [0.1, 0.15) is 18.4 Å². The second-order valence-electron chi connectivity index (χ2n) is 7.36. The Labute approximate surface area is 148 Å². The molecule has 3 nitrogen and oxygen atoms in total. The first-order valence-electron chi connectivity index (χ1n) is 9.08. The zero-order valence-corrected chi connectivity index (χ0v) is 14.3. The highest BCUT2D eigenvalue weighted by molar-refractivity contribution is 5.26. The number of phenolic OH excluding ortho intramolecular Hbond substituents is 1. The lowest BCUT2D eigenvalue weighted by Crippen LogP contribution is -2.26. The molecule has 2 aromatic carbocycles. The summed E-state index contributed by atoms with van der Waals surface area (Å²) in [5.74, 6) is 2.30. The van der Waals surface area contributed by atoms with E-state index in [1.807, 2.05) is 12.1 Å². The van der Waals surface area contributed by atoms with E-state index in [4.69, 9.17) is 4.74 Å². The van der Waals surface area contributed by atoms with Crippen LogP contribution in [0.25, 0.3) is 0 Å². The van der Waals surface area contributed by atoms with Gasteiger partial charge in [-0.05, 0) is 73.1 Å². The fourth-order valence-corrected chi connectivity index (χ4v) is 4.28. The van der Waals surface area contributed by atoms with Crippen LogP contribution in [-0.2, 0) is 6.42 Å². The summed E-state index contributed by atoms with van der Waals surface area (Å²) in [6, 6.07) is 13.8. The average Bonchev–Trinajstić information content (AvgIpc) is 3.14. The number of nitrogens with zero attached hydrogens (tertiary/aromatic N) is 1. The highest BCUT2D eigenvalue weighted by Crippen LogP contribution is 2.39. The van der Waals surface area contributed by atoms with Crippen LogP contribution in [0.4, 0.5) is 4.39 Å². The van der Waals surface area contributed by atoms with Gasteiger partial charge in [-0.2, -0.15) is 0 Å². The summed E-state index contributed by atoms with van der Waals surface area (Å²) >= 11 is 0. The average molecular weight is 341 g/mol. The van der Waals surface area contributed by atoms with Crippen LogP contribution in [0.3, 0.4) is 0 Å². The van der Waals surface area contributed by atoms with E-state index in [1.54, 1.807) is 24.3 Å². The van der Waals surface area contributed by atoms with Gasteiger partial charge in [0, 0.05) is 19.6 Å². The number of ether oxygens (including phenoxy) is 1. The van der Waals surface area contributed by atoms with E-state index in [1.165, 1.54) is 17.7 Å². The molecular formula is C21H24FNO2. The Hall–Kier alpha value is -2.07. The van der Waals surface area contributed by atoms with E-state index < -0.39 is 0 Å². The lowest BCUT2D eigenvalue weighted by atomic mass is 10.0. The summed E-state index contributed by atoms with van der Waals surface area (Å²) in [4.78, 5) is 2.55. The number of hydrogen-bond acceptors (Lipinski definition) is 3. The molecule has 4 heteroatoms. The number of hydrogen-bond donors (Lipinski definition) is 1. The van der Waals surface area contributed by atoms with Gasteiger partial charge in [-0.15, -0.1) is 0 Å². The third-order valence-electron chi connectivity index (χ3n) is 5.55. The summed E-state index contributed by atoms with van der Waals surface area (Å²) in [7, 11) is 0. The number of fused-ring (bicyclic) bond motifs is 1. The van der Waals surface area contributed by atoms with Gasteiger partial charge in [0.25, 0.3) is 0 Å². The molecule has 1 aliphatic carbocycles. The molecular weight excluding hydrogens is 317 g/mol. The smallest absolute Gasteiger partial charge is 0.123 e. The third-order valence-corrected chi connectivity index (χ3v) is 5.55. The molecule has 0 radical (unpaired) electrons. The minimum atomic E-state index is -0.222. The summed E-state index contributed by atoms with van der Waals surface area (Å²) in [6.07, 6.45) is 3.48. The molecule has 2 fully saturated rings. The molecule has 2 aromatic rings. The van der Waals surface area contributed by atoms with Gasteiger partial charge in [0.2, 0.25) is 0 Å². The van der Waals surface area contributed by atoms with Crippen molar-refractivity contribution in [2.75, 3.05) is 19.6 Å². The minimum absolute atomic E-state index is 0.222. The van der Waals surface area contributed by atoms with Crippen molar-refractivity contribution < 1.29 is 14.2 Å². The number of aromatic hydroxyl groups is 1. The maximum absolute atomic E-state index is 13.0. The Bertz CT molecular complexity index is 687. The summed E-state index contributed by atoms with van der Waals surface area (Å²) < 4.78 is 19.0. The number of halogens is 1. The highest BCUT2D eigenvalue weighted by atomic mass is 19.1.